The van der Waals surface area contributed by atoms with Gasteiger partial charge in [0.15, 0.2) is 0 Å². The Morgan fingerprint density at radius 1 is 1.11 bits per heavy atom. The maximum absolute atomic E-state index is 12.0. The van der Waals surface area contributed by atoms with E-state index in [4.69, 9.17) is 21.1 Å². The monoisotopic (exact) mass is 401 g/mol. The Kier molecular flexibility index (Phi) is 7.61. The van der Waals surface area contributed by atoms with Crippen molar-refractivity contribution in [2.75, 3.05) is 24.6 Å². The van der Waals surface area contributed by atoms with Gasteiger partial charge in [-0.25, -0.2) is 4.79 Å². The minimum Gasteiger partial charge on any atom is -0.432 e. The number of likely N-dealkylation sites (N-methyl/N-ethyl adjacent to an activating group) is 1. The molecule has 1 aliphatic rings. The molecule has 0 unspecified atom stereocenters. The van der Waals surface area contributed by atoms with E-state index in [1.54, 1.807) is 0 Å². The molecule has 0 aliphatic heterocycles. The van der Waals surface area contributed by atoms with E-state index in [2.05, 4.69) is 17.0 Å². The standard InChI is InChI=1S/C23H28ClNO3/c1-2-25(21-10-6-9-20(24)17-21)15-16-27-23(26)28-22-13-11-19(12-14-22)18-7-4-3-5-8-18/h6,9-14,17-18H,2-5,7-8,15-16H2,1H3. The van der Waals surface area contributed by atoms with Gasteiger partial charge in [0.2, 0.25) is 0 Å². The quantitative estimate of drug-likeness (QED) is 0.395. The molecule has 0 amide bonds. The van der Waals surface area contributed by atoms with E-state index < -0.39 is 6.16 Å². The fourth-order valence-corrected chi connectivity index (χ4v) is 3.94. The summed E-state index contributed by atoms with van der Waals surface area (Å²) in [6.45, 7) is 3.67. The van der Waals surface area contributed by atoms with Crippen LogP contribution in [0.5, 0.6) is 5.75 Å². The number of ether oxygens (including phenoxy) is 2. The first-order valence-corrected chi connectivity index (χ1v) is 10.5. The van der Waals surface area contributed by atoms with Crippen LogP contribution in [0.4, 0.5) is 10.5 Å². The molecule has 2 aromatic rings. The molecule has 0 atom stereocenters. The number of rotatable bonds is 7. The van der Waals surface area contributed by atoms with Gasteiger partial charge in [0.05, 0.1) is 6.54 Å². The Bertz CT molecular complexity index is 757. The van der Waals surface area contributed by atoms with Gasteiger partial charge in [-0.2, -0.15) is 0 Å². The van der Waals surface area contributed by atoms with Crippen molar-refractivity contribution in [2.24, 2.45) is 0 Å². The van der Waals surface area contributed by atoms with Crippen molar-refractivity contribution in [3.63, 3.8) is 0 Å². The summed E-state index contributed by atoms with van der Waals surface area (Å²) >= 11 is 6.05. The minimum atomic E-state index is -0.674. The number of carbonyl (C=O) groups excluding carboxylic acids is 1. The number of anilines is 1. The molecule has 1 fully saturated rings. The largest absolute Gasteiger partial charge is 0.513 e. The Morgan fingerprint density at radius 3 is 2.54 bits per heavy atom. The molecule has 0 heterocycles. The summed E-state index contributed by atoms with van der Waals surface area (Å²) < 4.78 is 10.5. The van der Waals surface area contributed by atoms with E-state index in [-0.39, 0.29) is 6.61 Å². The lowest BCUT2D eigenvalue weighted by Gasteiger charge is -2.23. The number of halogens is 1. The Balaban J connectivity index is 1.44. The van der Waals surface area contributed by atoms with Crippen molar-refractivity contribution in [1.29, 1.82) is 0 Å². The second-order valence-electron chi connectivity index (χ2n) is 7.16. The van der Waals surface area contributed by atoms with Gasteiger partial charge >= 0.3 is 6.16 Å². The number of hydrogen-bond donors (Lipinski definition) is 0. The van der Waals surface area contributed by atoms with Crippen LogP contribution in [0.3, 0.4) is 0 Å². The Morgan fingerprint density at radius 2 is 1.86 bits per heavy atom. The summed E-state index contributed by atoms with van der Waals surface area (Å²) in [5.74, 6) is 1.16. The van der Waals surface area contributed by atoms with E-state index in [1.165, 1.54) is 37.7 Å². The average Bonchev–Trinajstić information content (AvgIpc) is 2.72. The fraction of sp³-hybridized carbons (Fsp3) is 0.435. The summed E-state index contributed by atoms with van der Waals surface area (Å²) in [5, 5.41) is 0.688. The molecule has 0 spiro atoms. The van der Waals surface area contributed by atoms with Crippen molar-refractivity contribution < 1.29 is 14.3 Å². The molecule has 28 heavy (non-hydrogen) atoms. The highest BCUT2D eigenvalue weighted by molar-refractivity contribution is 6.30. The van der Waals surface area contributed by atoms with Crippen LogP contribution in [-0.2, 0) is 4.74 Å². The summed E-state index contributed by atoms with van der Waals surface area (Å²) in [4.78, 5) is 14.1. The zero-order valence-electron chi connectivity index (χ0n) is 16.4. The normalized spacial score (nSPS) is 14.5. The highest BCUT2D eigenvalue weighted by Gasteiger charge is 2.16. The average molecular weight is 402 g/mol. The highest BCUT2D eigenvalue weighted by atomic mass is 35.5. The number of benzene rings is 2. The molecule has 1 aliphatic carbocycles. The molecule has 0 aromatic heterocycles. The predicted molar refractivity (Wildman–Crippen MR) is 114 cm³/mol. The van der Waals surface area contributed by atoms with Crippen molar-refractivity contribution in [2.45, 2.75) is 44.9 Å². The van der Waals surface area contributed by atoms with Gasteiger partial charge in [-0.3, -0.25) is 0 Å². The van der Waals surface area contributed by atoms with E-state index >= 15 is 0 Å². The van der Waals surface area contributed by atoms with Gasteiger partial charge in [-0.15, -0.1) is 0 Å². The first-order chi connectivity index (χ1) is 13.7. The second kappa shape index (κ2) is 10.4. The zero-order chi connectivity index (χ0) is 19.8. The fourth-order valence-electron chi connectivity index (χ4n) is 3.75. The summed E-state index contributed by atoms with van der Waals surface area (Å²) in [5.41, 5.74) is 2.34. The summed E-state index contributed by atoms with van der Waals surface area (Å²) in [7, 11) is 0. The van der Waals surface area contributed by atoms with E-state index in [9.17, 15) is 4.79 Å². The molecule has 3 rings (SSSR count). The van der Waals surface area contributed by atoms with Gasteiger partial charge in [0.25, 0.3) is 0 Å². The van der Waals surface area contributed by atoms with Crippen molar-refractivity contribution in [3.8, 4) is 5.75 Å². The van der Waals surface area contributed by atoms with Crippen molar-refractivity contribution in [1.82, 2.24) is 0 Å². The van der Waals surface area contributed by atoms with Crippen molar-refractivity contribution >= 4 is 23.4 Å². The van der Waals surface area contributed by atoms with E-state index in [1.807, 2.05) is 43.3 Å². The third-order valence-corrected chi connectivity index (χ3v) is 5.53. The molecule has 0 N–H and O–H groups in total. The van der Waals surface area contributed by atoms with Gasteiger partial charge in [-0.1, -0.05) is 49.1 Å². The van der Waals surface area contributed by atoms with Gasteiger partial charge < -0.3 is 14.4 Å². The van der Waals surface area contributed by atoms with Crippen LogP contribution in [0.1, 0.15) is 50.5 Å². The molecule has 1 saturated carbocycles. The molecular formula is C23H28ClNO3. The minimum absolute atomic E-state index is 0.249. The lowest BCUT2D eigenvalue weighted by molar-refractivity contribution is 0.101. The third kappa shape index (κ3) is 5.90. The smallest absolute Gasteiger partial charge is 0.432 e. The molecule has 0 radical (unpaired) electrons. The number of carbonyl (C=O) groups is 1. The van der Waals surface area contributed by atoms with Crippen molar-refractivity contribution in [3.05, 3.63) is 59.1 Å². The molecular weight excluding hydrogens is 374 g/mol. The van der Waals surface area contributed by atoms with Crippen LogP contribution in [-0.4, -0.2) is 25.9 Å². The van der Waals surface area contributed by atoms with Crippen LogP contribution in [0.2, 0.25) is 5.02 Å². The topological polar surface area (TPSA) is 38.8 Å². The maximum Gasteiger partial charge on any atom is 0.513 e. The van der Waals surface area contributed by atoms with Gasteiger partial charge in [0, 0.05) is 17.3 Å². The van der Waals surface area contributed by atoms with Gasteiger partial charge in [0.1, 0.15) is 12.4 Å². The molecule has 5 heteroatoms. The third-order valence-electron chi connectivity index (χ3n) is 5.29. The SMILES string of the molecule is CCN(CCOC(=O)Oc1ccc(C2CCCCC2)cc1)c1cccc(Cl)c1. The second-order valence-corrected chi connectivity index (χ2v) is 7.60. The molecule has 0 saturated heterocycles. The highest BCUT2D eigenvalue weighted by Crippen LogP contribution is 2.33. The molecule has 150 valence electrons. The summed E-state index contributed by atoms with van der Waals surface area (Å²) in [6.07, 6.45) is 5.79. The lowest BCUT2D eigenvalue weighted by Crippen LogP contribution is -2.28. The van der Waals surface area contributed by atoms with Crippen LogP contribution >= 0.6 is 11.6 Å². The van der Waals surface area contributed by atoms with Crippen LogP contribution in [0.15, 0.2) is 48.5 Å². The molecule has 4 nitrogen and oxygen atoms in total. The zero-order valence-corrected chi connectivity index (χ0v) is 17.2. The number of nitrogens with zero attached hydrogens (tertiary/aromatic N) is 1. The van der Waals surface area contributed by atoms with Crippen LogP contribution in [0, 0.1) is 0 Å². The van der Waals surface area contributed by atoms with Gasteiger partial charge in [-0.05, 0) is 61.6 Å². The molecule has 2 aromatic carbocycles. The molecule has 0 bridgehead atoms. The summed E-state index contributed by atoms with van der Waals surface area (Å²) in [6, 6.07) is 15.5. The number of hydrogen-bond acceptors (Lipinski definition) is 4. The Hall–Kier alpha value is -2.20. The predicted octanol–water partition coefficient (Wildman–Crippen LogP) is 6.43. The first kappa shape index (κ1) is 20.5. The van der Waals surface area contributed by atoms with E-state index in [0.29, 0.717) is 23.2 Å². The maximum atomic E-state index is 12.0. The first-order valence-electron chi connectivity index (χ1n) is 10.1. The van der Waals surface area contributed by atoms with E-state index in [0.717, 1.165) is 12.2 Å². The van der Waals surface area contributed by atoms with Crippen LogP contribution < -0.4 is 9.64 Å². The Labute approximate surface area is 172 Å². The van der Waals surface area contributed by atoms with Crippen LogP contribution in [0.25, 0.3) is 0 Å². The lowest BCUT2D eigenvalue weighted by atomic mass is 9.84.